The first-order chi connectivity index (χ1) is 13.6. The highest BCUT2D eigenvalue weighted by molar-refractivity contribution is 6.32. The van der Waals surface area contributed by atoms with E-state index in [1.165, 1.54) is 18.0 Å². The van der Waals surface area contributed by atoms with Crippen molar-refractivity contribution in [1.82, 2.24) is 25.8 Å². The summed E-state index contributed by atoms with van der Waals surface area (Å²) in [7, 11) is 1.54. The van der Waals surface area contributed by atoms with Gasteiger partial charge in [0.15, 0.2) is 5.69 Å². The lowest BCUT2D eigenvalue weighted by atomic mass is 10.3. The van der Waals surface area contributed by atoms with Crippen molar-refractivity contribution in [2.75, 3.05) is 19.0 Å². The molecule has 1 aromatic heterocycles. The van der Waals surface area contributed by atoms with E-state index in [2.05, 4.69) is 26.5 Å². The molecule has 2 aromatic carbocycles. The molecule has 0 atom stereocenters. The second kappa shape index (κ2) is 8.87. The number of hydrogen-bond donors (Lipinski definition) is 3. The molecule has 3 aromatic rings. The van der Waals surface area contributed by atoms with Gasteiger partial charge in [-0.05, 0) is 24.3 Å². The molecule has 0 aliphatic carbocycles. The third kappa shape index (κ3) is 4.57. The maximum atomic E-state index is 12.1. The Kier molecular flexibility index (Phi) is 6.07. The van der Waals surface area contributed by atoms with Crippen LogP contribution in [-0.2, 0) is 4.79 Å². The van der Waals surface area contributed by atoms with Gasteiger partial charge in [0.05, 0.1) is 36.2 Å². The number of carbonyl (C=O) groups excluding carboxylic acids is 2. The molecule has 9 nitrogen and oxygen atoms in total. The van der Waals surface area contributed by atoms with Crippen LogP contribution in [0.15, 0.2) is 54.7 Å². The third-order valence-corrected chi connectivity index (χ3v) is 4.01. The third-order valence-electron chi connectivity index (χ3n) is 3.69. The molecule has 1 heterocycles. The highest BCUT2D eigenvalue weighted by Gasteiger charge is 2.13. The van der Waals surface area contributed by atoms with E-state index in [9.17, 15) is 9.59 Å². The minimum absolute atomic E-state index is 0.0258. The molecule has 0 saturated heterocycles. The molecule has 0 aliphatic rings. The van der Waals surface area contributed by atoms with Crippen LogP contribution in [0.2, 0.25) is 5.02 Å². The van der Waals surface area contributed by atoms with Crippen LogP contribution in [0.25, 0.3) is 5.69 Å². The summed E-state index contributed by atoms with van der Waals surface area (Å²) in [6, 6.07) is 14.2. The number of hydrogen-bond acceptors (Lipinski definition) is 6. The fourth-order valence-electron chi connectivity index (χ4n) is 2.32. The SMILES string of the molecule is COc1ccccc1NCC(=O)NNC(=O)c1cn(-c2ccccc2Cl)nn1. The Balaban J connectivity index is 1.53. The number of ether oxygens (including phenoxy) is 1. The zero-order valence-electron chi connectivity index (χ0n) is 14.8. The molecular weight excluding hydrogens is 384 g/mol. The first kappa shape index (κ1) is 19.2. The quantitative estimate of drug-likeness (QED) is 0.544. The van der Waals surface area contributed by atoms with Crippen molar-refractivity contribution < 1.29 is 14.3 Å². The number of benzene rings is 2. The van der Waals surface area contributed by atoms with Crippen molar-refractivity contribution >= 4 is 29.1 Å². The van der Waals surface area contributed by atoms with Gasteiger partial charge in [0, 0.05) is 0 Å². The van der Waals surface area contributed by atoms with Gasteiger partial charge in [0.2, 0.25) is 0 Å². The molecule has 0 radical (unpaired) electrons. The predicted octanol–water partition coefficient (Wildman–Crippen LogP) is 1.80. The number of nitrogens with one attached hydrogen (secondary N) is 3. The second-order valence-corrected chi connectivity index (χ2v) is 5.96. The highest BCUT2D eigenvalue weighted by Crippen LogP contribution is 2.22. The fraction of sp³-hybridized carbons (Fsp3) is 0.111. The number of anilines is 1. The molecule has 0 unspecified atom stereocenters. The Morgan fingerprint density at radius 3 is 2.64 bits per heavy atom. The lowest BCUT2D eigenvalue weighted by molar-refractivity contribution is -0.120. The van der Waals surface area contributed by atoms with Gasteiger partial charge in [0.1, 0.15) is 5.75 Å². The first-order valence-electron chi connectivity index (χ1n) is 8.22. The summed E-state index contributed by atoms with van der Waals surface area (Å²) in [6.07, 6.45) is 1.41. The Labute approximate surface area is 165 Å². The van der Waals surface area contributed by atoms with Crippen molar-refractivity contribution in [3.63, 3.8) is 0 Å². The number of rotatable bonds is 6. The largest absolute Gasteiger partial charge is 0.495 e. The number of carbonyl (C=O) groups is 2. The Hall–Kier alpha value is -3.59. The van der Waals surface area contributed by atoms with Crippen LogP contribution < -0.4 is 20.9 Å². The molecule has 144 valence electrons. The topological polar surface area (TPSA) is 110 Å². The summed E-state index contributed by atoms with van der Waals surface area (Å²) >= 11 is 6.10. The van der Waals surface area contributed by atoms with Crippen molar-refractivity contribution in [3.8, 4) is 11.4 Å². The minimum Gasteiger partial charge on any atom is -0.495 e. The van der Waals surface area contributed by atoms with Gasteiger partial charge < -0.3 is 10.1 Å². The van der Waals surface area contributed by atoms with Crippen LogP contribution in [0.5, 0.6) is 5.75 Å². The molecule has 0 saturated carbocycles. The van der Waals surface area contributed by atoms with Crippen LogP contribution >= 0.6 is 11.6 Å². The van der Waals surface area contributed by atoms with Gasteiger partial charge in [-0.15, -0.1) is 5.10 Å². The normalized spacial score (nSPS) is 10.2. The van der Waals surface area contributed by atoms with Gasteiger partial charge in [0.25, 0.3) is 11.8 Å². The standard InChI is InChI=1S/C18H17ClN6O3/c1-28-16-9-5-3-7-13(16)20-10-17(26)22-23-18(27)14-11-25(24-21-14)15-8-4-2-6-12(15)19/h2-9,11,20H,10H2,1H3,(H,22,26)(H,23,27). The summed E-state index contributed by atoms with van der Waals surface area (Å²) in [4.78, 5) is 24.1. The van der Waals surface area contributed by atoms with Crippen molar-refractivity contribution in [3.05, 3.63) is 65.4 Å². The fourth-order valence-corrected chi connectivity index (χ4v) is 2.55. The average Bonchev–Trinajstić information content (AvgIpc) is 3.21. The summed E-state index contributed by atoms with van der Waals surface area (Å²) < 4.78 is 6.57. The molecule has 0 fully saturated rings. The monoisotopic (exact) mass is 400 g/mol. The number of amides is 2. The Morgan fingerprint density at radius 1 is 1.11 bits per heavy atom. The predicted molar refractivity (Wildman–Crippen MR) is 103 cm³/mol. The Morgan fingerprint density at radius 2 is 1.86 bits per heavy atom. The van der Waals surface area contributed by atoms with E-state index in [-0.39, 0.29) is 12.2 Å². The van der Waals surface area contributed by atoms with Crippen molar-refractivity contribution in [1.29, 1.82) is 0 Å². The van der Waals surface area contributed by atoms with E-state index in [1.807, 2.05) is 12.1 Å². The second-order valence-electron chi connectivity index (χ2n) is 5.56. The van der Waals surface area contributed by atoms with Crippen molar-refractivity contribution in [2.45, 2.75) is 0 Å². The molecule has 0 bridgehead atoms. The summed E-state index contributed by atoms with van der Waals surface area (Å²) in [5.41, 5.74) is 5.86. The lowest BCUT2D eigenvalue weighted by Gasteiger charge is -2.11. The van der Waals surface area contributed by atoms with E-state index in [0.717, 1.165) is 0 Å². The van der Waals surface area contributed by atoms with Gasteiger partial charge in [-0.3, -0.25) is 20.4 Å². The smallest absolute Gasteiger partial charge is 0.291 e. The van der Waals surface area contributed by atoms with Crippen LogP contribution in [0, 0.1) is 0 Å². The van der Waals surface area contributed by atoms with E-state index in [0.29, 0.717) is 22.1 Å². The number of methoxy groups -OCH3 is 1. The van der Waals surface area contributed by atoms with Gasteiger partial charge in [-0.2, -0.15) is 0 Å². The van der Waals surface area contributed by atoms with E-state index < -0.39 is 11.8 Å². The molecule has 10 heteroatoms. The van der Waals surface area contributed by atoms with Gasteiger partial charge in [-0.1, -0.05) is 41.1 Å². The van der Waals surface area contributed by atoms with Crippen LogP contribution in [-0.4, -0.2) is 40.5 Å². The van der Waals surface area contributed by atoms with Gasteiger partial charge >= 0.3 is 0 Å². The maximum Gasteiger partial charge on any atom is 0.291 e. The first-order valence-corrected chi connectivity index (χ1v) is 8.59. The molecule has 3 N–H and O–H groups in total. The molecule has 2 amide bonds. The summed E-state index contributed by atoms with van der Waals surface area (Å²) in [5.74, 6) is -0.447. The van der Waals surface area contributed by atoms with Crippen molar-refractivity contribution in [2.24, 2.45) is 0 Å². The highest BCUT2D eigenvalue weighted by atomic mass is 35.5. The Bertz CT molecular complexity index is 991. The number of halogens is 1. The van der Waals surface area contributed by atoms with E-state index in [4.69, 9.17) is 16.3 Å². The number of para-hydroxylation sites is 3. The molecule has 0 aliphatic heterocycles. The summed E-state index contributed by atoms with van der Waals surface area (Å²) in [6.45, 7) is -0.0625. The molecule has 0 spiro atoms. The molecule has 3 rings (SSSR count). The average molecular weight is 401 g/mol. The number of nitrogens with zero attached hydrogens (tertiary/aromatic N) is 3. The van der Waals surface area contributed by atoms with Crippen LogP contribution in [0.4, 0.5) is 5.69 Å². The van der Waals surface area contributed by atoms with E-state index >= 15 is 0 Å². The van der Waals surface area contributed by atoms with Gasteiger partial charge in [-0.25, -0.2) is 4.68 Å². The summed E-state index contributed by atoms with van der Waals surface area (Å²) in [5, 5.41) is 11.1. The minimum atomic E-state index is -0.607. The van der Waals surface area contributed by atoms with E-state index in [1.54, 1.807) is 36.4 Å². The van der Waals surface area contributed by atoms with Crippen LogP contribution in [0.3, 0.4) is 0 Å². The molecular formula is C18H17ClN6O3. The zero-order chi connectivity index (χ0) is 19.9. The zero-order valence-corrected chi connectivity index (χ0v) is 15.6. The molecule has 28 heavy (non-hydrogen) atoms. The number of hydrazine groups is 1. The number of aromatic nitrogens is 3. The van der Waals surface area contributed by atoms with Crippen LogP contribution in [0.1, 0.15) is 10.5 Å². The lowest BCUT2D eigenvalue weighted by Crippen LogP contribution is -2.44. The maximum absolute atomic E-state index is 12.1.